The summed E-state index contributed by atoms with van der Waals surface area (Å²) in [6.07, 6.45) is 2.67. The lowest BCUT2D eigenvalue weighted by Crippen LogP contribution is -2.57. The Labute approximate surface area is 126 Å². The van der Waals surface area contributed by atoms with Gasteiger partial charge in [-0.3, -0.25) is 9.69 Å². The number of unbranched alkanes of at least 4 members (excludes halogenated alkanes) is 1. The van der Waals surface area contributed by atoms with Crippen LogP contribution in [-0.4, -0.2) is 66.3 Å². The minimum atomic E-state index is 0.0480. The number of carbonyl (C=O) groups excluding carboxylic acids is 1. The second-order valence-electron chi connectivity index (χ2n) is 6.03. The van der Waals surface area contributed by atoms with E-state index in [4.69, 9.17) is 0 Å². The summed E-state index contributed by atoms with van der Waals surface area (Å²) in [5.41, 5.74) is 0.0480. The fraction of sp³-hybridized carbons (Fsp3) is 0.929. The molecule has 1 rings (SSSR count). The van der Waals surface area contributed by atoms with Gasteiger partial charge in [-0.15, -0.1) is 0 Å². The first-order valence-corrected chi connectivity index (χ1v) is 8.34. The molecule has 0 aliphatic carbocycles. The molecule has 0 spiro atoms. The van der Waals surface area contributed by atoms with Crippen molar-refractivity contribution in [3.63, 3.8) is 0 Å². The number of halogens is 1. The van der Waals surface area contributed by atoms with Gasteiger partial charge >= 0.3 is 0 Å². The highest BCUT2D eigenvalue weighted by Crippen LogP contribution is 2.15. The van der Waals surface area contributed by atoms with Crippen molar-refractivity contribution >= 4 is 21.8 Å². The number of amides is 1. The zero-order valence-electron chi connectivity index (χ0n) is 12.5. The van der Waals surface area contributed by atoms with Crippen LogP contribution in [0.3, 0.4) is 0 Å². The third-order valence-corrected chi connectivity index (χ3v) is 4.43. The van der Waals surface area contributed by atoms with Gasteiger partial charge in [-0.05, 0) is 33.7 Å². The van der Waals surface area contributed by atoms with Crippen LogP contribution in [0.1, 0.15) is 33.1 Å². The van der Waals surface area contributed by atoms with Crippen LogP contribution in [0.2, 0.25) is 0 Å². The number of rotatable bonds is 7. The van der Waals surface area contributed by atoms with E-state index in [1.807, 2.05) is 0 Å². The van der Waals surface area contributed by atoms with Crippen molar-refractivity contribution < 1.29 is 4.79 Å². The molecular weight excluding hydrogens is 306 g/mol. The van der Waals surface area contributed by atoms with E-state index in [1.165, 1.54) is 0 Å². The molecule has 1 amide bonds. The third kappa shape index (κ3) is 6.23. The molecule has 112 valence electrons. The van der Waals surface area contributed by atoms with E-state index in [9.17, 15) is 4.79 Å². The molecule has 1 fully saturated rings. The Hall–Kier alpha value is -0.130. The molecule has 0 saturated carbocycles. The van der Waals surface area contributed by atoms with Crippen molar-refractivity contribution in [3.8, 4) is 0 Å². The molecule has 0 atom stereocenters. The van der Waals surface area contributed by atoms with Gasteiger partial charge in [-0.2, -0.15) is 0 Å². The monoisotopic (exact) mass is 333 g/mol. The van der Waals surface area contributed by atoms with E-state index >= 15 is 0 Å². The standard InChI is InChI=1S/C14H28BrN3O/c1-14(2,18-10-8-17(3)9-11-18)12-16-13(19)6-4-5-7-15/h4-12H2,1-3H3,(H,16,19). The van der Waals surface area contributed by atoms with Crippen molar-refractivity contribution in [1.29, 1.82) is 0 Å². The van der Waals surface area contributed by atoms with Crippen LogP contribution in [0.25, 0.3) is 0 Å². The van der Waals surface area contributed by atoms with Gasteiger partial charge in [-0.25, -0.2) is 0 Å². The molecule has 19 heavy (non-hydrogen) atoms. The third-order valence-electron chi connectivity index (χ3n) is 3.86. The highest BCUT2D eigenvalue weighted by molar-refractivity contribution is 9.09. The van der Waals surface area contributed by atoms with E-state index in [1.54, 1.807) is 0 Å². The molecular formula is C14H28BrN3O. The Morgan fingerprint density at radius 3 is 2.42 bits per heavy atom. The average molecular weight is 334 g/mol. The maximum Gasteiger partial charge on any atom is 0.220 e. The molecule has 1 heterocycles. The van der Waals surface area contributed by atoms with E-state index in [0.717, 1.165) is 50.9 Å². The average Bonchev–Trinajstić information content (AvgIpc) is 2.37. The summed E-state index contributed by atoms with van der Waals surface area (Å²) < 4.78 is 0. The van der Waals surface area contributed by atoms with Gasteiger partial charge in [-0.1, -0.05) is 15.9 Å². The summed E-state index contributed by atoms with van der Waals surface area (Å²) in [5, 5.41) is 4.06. The maximum absolute atomic E-state index is 11.7. The lowest BCUT2D eigenvalue weighted by molar-refractivity contribution is -0.121. The van der Waals surface area contributed by atoms with Crippen molar-refractivity contribution in [2.75, 3.05) is 45.1 Å². The van der Waals surface area contributed by atoms with Gasteiger partial charge in [0.2, 0.25) is 5.91 Å². The first-order chi connectivity index (χ1) is 8.95. The van der Waals surface area contributed by atoms with Crippen LogP contribution in [0.4, 0.5) is 0 Å². The van der Waals surface area contributed by atoms with Crippen LogP contribution in [0.15, 0.2) is 0 Å². The molecule has 1 aliphatic heterocycles. The normalized spacial score (nSPS) is 18.5. The number of nitrogens with one attached hydrogen (secondary N) is 1. The van der Waals surface area contributed by atoms with Crippen LogP contribution in [-0.2, 0) is 4.79 Å². The SMILES string of the molecule is CN1CCN(C(C)(C)CNC(=O)CCCCBr)CC1. The van der Waals surface area contributed by atoms with Gasteiger partial charge in [0.25, 0.3) is 0 Å². The molecule has 0 unspecified atom stereocenters. The highest BCUT2D eigenvalue weighted by Gasteiger charge is 2.29. The topological polar surface area (TPSA) is 35.6 Å². The van der Waals surface area contributed by atoms with E-state index in [-0.39, 0.29) is 11.4 Å². The zero-order chi connectivity index (χ0) is 14.3. The summed E-state index contributed by atoms with van der Waals surface area (Å²) >= 11 is 3.38. The second kappa shape index (κ2) is 8.22. The van der Waals surface area contributed by atoms with Crippen LogP contribution < -0.4 is 5.32 Å². The Morgan fingerprint density at radius 2 is 1.84 bits per heavy atom. The number of hydrogen-bond acceptors (Lipinski definition) is 3. The number of alkyl halides is 1. The van der Waals surface area contributed by atoms with Crippen molar-refractivity contribution in [2.45, 2.75) is 38.6 Å². The Morgan fingerprint density at radius 1 is 1.21 bits per heavy atom. The largest absolute Gasteiger partial charge is 0.354 e. The fourth-order valence-electron chi connectivity index (χ4n) is 2.31. The number of hydrogen-bond donors (Lipinski definition) is 1. The van der Waals surface area contributed by atoms with Crippen molar-refractivity contribution in [3.05, 3.63) is 0 Å². The Balaban J connectivity index is 2.27. The van der Waals surface area contributed by atoms with Crippen LogP contribution in [0, 0.1) is 0 Å². The lowest BCUT2D eigenvalue weighted by atomic mass is 10.0. The van der Waals surface area contributed by atoms with Gasteiger partial charge < -0.3 is 10.2 Å². The lowest BCUT2D eigenvalue weighted by Gasteiger charge is -2.43. The number of likely N-dealkylation sites (N-methyl/N-ethyl adjacent to an activating group) is 1. The molecule has 4 nitrogen and oxygen atoms in total. The first-order valence-electron chi connectivity index (χ1n) is 7.22. The number of nitrogens with zero attached hydrogens (tertiary/aromatic N) is 2. The summed E-state index contributed by atoms with van der Waals surface area (Å²) in [6.45, 7) is 9.58. The van der Waals surface area contributed by atoms with Gasteiger partial charge in [0.1, 0.15) is 0 Å². The quantitative estimate of drug-likeness (QED) is 0.569. The van der Waals surface area contributed by atoms with Crippen LogP contribution in [0.5, 0.6) is 0 Å². The zero-order valence-corrected chi connectivity index (χ0v) is 14.1. The predicted molar refractivity (Wildman–Crippen MR) is 83.8 cm³/mol. The summed E-state index contributed by atoms with van der Waals surface area (Å²) in [5.74, 6) is 0.183. The van der Waals surface area contributed by atoms with Gasteiger partial charge in [0, 0.05) is 50.0 Å². The predicted octanol–water partition coefficient (Wildman–Crippen LogP) is 1.69. The van der Waals surface area contributed by atoms with E-state index < -0.39 is 0 Å². The minimum Gasteiger partial charge on any atom is -0.354 e. The van der Waals surface area contributed by atoms with Gasteiger partial charge in [0.15, 0.2) is 0 Å². The van der Waals surface area contributed by atoms with Crippen LogP contribution >= 0.6 is 15.9 Å². The minimum absolute atomic E-state index is 0.0480. The van der Waals surface area contributed by atoms with Gasteiger partial charge in [0.05, 0.1) is 0 Å². The summed E-state index contributed by atoms with van der Waals surface area (Å²) in [6, 6.07) is 0. The smallest absolute Gasteiger partial charge is 0.220 e. The van der Waals surface area contributed by atoms with E-state index in [2.05, 4.69) is 51.9 Å². The first kappa shape index (κ1) is 16.9. The molecule has 0 aromatic carbocycles. The molecule has 0 aromatic rings. The Kier molecular flexibility index (Phi) is 7.32. The molecule has 0 bridgehead atoms. The molecule has 1 aliphatic rings. The number of carbonyl (C=O) groups is 1. The Bertz CT molecular complexity index is 276. The maximum atomic E-state index is 11.7. The molecule has 1 N–H and O–H groups in total. The molecule has 1 saturated heterocycles. The van der Waals surface area contributed by atoms with Crippen molar-refractivity contribution in [1.82, 2.24) is 15.1 Å². The molecule has 5 heteroatoms. The summed E-state index contributed by atoms with van der Waals surface area (Å²) in [4.78, 5) is 16.6. The highest BCUT2D eigenvalue weighted by atomic mass is 79.9. The van der Waals surface area contributed by atoms with E-state index in [0.29, 0.717) is 6.42 Å². The van der Waals surface area contributed by atoms with Crippen molar-refractivity contribution in [2.24, 2.45) is 0 Å². The molecule has 0 aromatic heterocycles. The second-order valence-corrected chi connectivity index (χ2v) is 6.82. The summed E-state index contributed by atoms with van der Waals surface area (Å²) in [7, 11) is 2.16. The molecule has 0 radical (unpaired) electrons. The number of piperazine rings is 1. The fourth-order valence-corrected chi connectivity index (χ4v) is 2.70.